The maximum Gasteiger partial charge on any atom is 0.125 e. The summed E-state index contributed by atoms with van der Waals surface area (Å²) in [7, 11) is 0. The number of halogens is 1. The van der Waals surface area contributed by atoms with Crippen molar-refractivity contribution in [2.24, 2.45) is 5.92 Å². The van der Waals surface area contributed by atoms with Crippen molar-refractivity contribution in [2.45, 2.75) is 32.7 Å². The van der Waals surface area contributed by atoms with Gasteiger partial charge < -0.3 is 4.57 Å². The number of hydrogen-bond donors (Lipinski definition) is 0. The van der Waals surface area contributed by atoms with Gasteiger partial charge in [0.2, 0.25) is 0 Å². The predicted molar refractivity (Wildman–Crippen MR) is 73.6 cm³/mol. The van der Waals surface area contributed by atoms with E-state index < -0.39 is 0 Å². The molecule has 0 spiro atoms. The number of nitriles is 1. The lowest BCUT2D eigenvalue weighted by molar-refractivity contribution is 0.409. The molecular weight excluding hydrogens is 246 g/mol. The second-order valence-electron chi connectivity index (χ2n) is 4.83. The highest BCUT2D eigenvalue weighted by atomic mass is 35.5. The number of benzene rings is 1. The van der Waals surface area contributed by atoms with Gasteiger partial charge in [-0.25, -0.2) is 4.98 Å². The molecule has 94 valence electrons. The van der Waals surface area contributed by atoms with Crippen molar-refractivity contribution in [1.82, 2.24) is 9.55 Å². The first kappa shape index (κ1) is 12.9. The minimum atomic E-state index is 0.303. The largest absolute Gasteiger partial charge is 0.324 e. The fourth-order valence-electron chi connectivity index (χ4n) is 2.06. The van der Waals surface area contributed by atoms with Crippen molar-refractivity contribution in [2.75, 3.05) is 0 Å². The van der Waals surface area contributed by atoms with Crippen molar-refractivity contribution in [1.29, 1.82) is 5.26 Å². The molecule has 2 aromatic rings. The van der Waals surface area contributed by atoms with E-state index in [-0.39, 0.29) is 0 Å². The summed E-state index contributed by atoms with van der Waals surface area (Å²) in [6, 6.07) is 8.03. The molecule has 2 rings (SSSR count). The van der Waals surface area contributed by atoms with Gasteiger partial charge in [0.15, 0.2) is 0 Å². The smallest absolute Gasteiger partial charge is 0.125 e. The zero-order chi connectivity index (χ0) is 13.3. The van der Waals surface area contributed by atoms with Crippen LogP contribution in [-0.4, -0.2) is 9.55 Å². The van der Waals surface area contributed by atoms with Gasteiger partial charge in [-0.1, -0.05) is 13.8 Å². The van der Waals surface area contributed by atoms with Gasteiger partial charge in [0, 0.05) is 6.04 Å². The maximum absolute atomic E-state index is 8.99. The Labute approximate surface area is 112 Å². The van der Waals surface area contributed by atoms with E-state index in [0.29, 0.717) is 23.4 Å². The number of aromatic nitrogens is 2. The number of fused-ring (bicyclic) bond motifs is 1. The second-order valence-corrected chi connectivity index (χ2v) is 5.10. The van der Waals surface area contributed by atoms with Crippen molar-refractivity contribution in [3.05, 3.63) is 29.6 Å². The molecule has 4 heteroatoms. The molecule has 1 heterocycles. The fourth-order valence-corrected chi connectivity index (χ4v) is 2.25. The van der Waals surface area contributed by atoms with Crippen LogP contribution in [0, 0.1) is 17.2 Å². The van der Waals surface area contributed by atoms with Gasteiger partial charge >= 0.3 is 0 Å². The molecule has 18 heavy (non-hydrogen) atoms. The Kier molecular flexibility index (Phi) is 3.58. The van der Waals surface area contributed by atoms with Gasteiger partial charge in [0.25, 0.3) is 0 Å². The van der Waals surface area contributed by atoms with Gasteiger partial charge in [-0.2, -0.15) is 5.26 Å². The molecule has 3 nitrogen and oxygen atoms in total. The first-order valence-corrected chi connectivity index (χ1v) is 6.58. The standard InChI is InChI=1S/C14H16ClN3/c1-9(2)10(3)18-13-6-11(8-16)4-5-12(13)17-14(18)7-15/h4-6,9-10H,7H2,1-3H3. The second kappa shape index (κ2) is 4.99. The van der Waals surface area contributed by atoms with Gasteiger partial charge in [-0.05, 0) is 31.0 Å². The van der Waals surface area contributed by atoms with E-state index >= 15 is 0 Å². The van der Waals surface area contributed by atoms with Crippen LogP contribution in [0.25, 0.3) is 11.0 Å². The van der Waals surface area contributed by atoms with Crippen molar-refractivity contribution in [3.8, 4) is 6.07 Å². The van der Waals surface area contributed by atoms with Gasteiger partial charge in [0.05, 0.1) is 28.5 Å². The number of hydrogen-bond acceptors (Lipinski definition) is 2. The van der Waals surface area contributed by atoms with Crippen LogP contribution in [0.15, 0.2) is 18.2 Å². The maximum atomic E-state index is 8.99. The van der Waals surface area contributed by atoms with Gasteiger partial charge in [0.1, 0.15) is 5.82 Å². The van der Waals surface area contributed by atoms with E-state index in [1.807, 2.05) is 12.1 Å². The zero-order valence-corrected chi connectivity index (χ0v) is 11.6. The SMILES string of the molecule is CC(C)C(C)n1c(CCl)nc2ccc(C#N)cc21. The lowest BCUT2D eigenvalue weighted by Gasteiger charge is -2.20. The van der Waals surface area contributed by atoms with E-state index in [0.717, 1.165) is 16.9 Å². The van der Waals surface area contributed by atoms with Crippen molar-refractivity contribution in [3.63, 3.8) is 0 Å². The third-order valence-corrected chi connectivity index (χ3v) is 3.62. The molecule has 0 N–H and O–H groups in total. The Morgan fingerprint density at radius 2 is 2.11 bits per heavy atom. The molecule has 1 atom stereocenters. The van der Waals surface area contributed by atoms with Crippen LogP contribution >= 0.6 is 11.6 Å². The molecule has 0 amide bonds. The third-order valence-electron chi connectivity index (χ3n) is 3.38. The molecule has 0 saturated heterocycles. The van der Waals surface area contributed by atoms with Crippen LogP contribution in [0.1, 0.15) is 38.2 Å². The van der Waals surface area contributed by atoms with Crippen LogP contribution in [0.3, 0.4) is 0 Å². The van der Waals surface area contributed by atoms with Crippen LogP contribution < -0.4 is 0 Å². The quantitative estimate of drug-likeness (QED) is 0.787. The number of imidazole rings is 1. The van der Waals surface area contributed by atoms with E-state index in [1.54, 1.807) is 6.07 Å². The van der Waals surface area contributed by atoms with Crippen LogP contribution in [0.2, 0.25) is 0 Å². The van der Waals surface area contributed by atoms with E-state index in [2.05, 4.69) is 36.4 Å². The van der Waals surface area contributed by atoms with E-state index in [4.69, 9.17) is 16.9 Å². The summed E-state index contributed by atoms with van der Waals surface area (Å²) >= 11 is 5.98. The number of nitrogens with zero attached hydrogens (tertiary/aromatic N) is 3. The normalized spacial score (nSPS) is 12.9. The average Bonchev–Trinajstić information content (AvgIpc) is 2.74. The Bertz CT molecular complexity index is 607. The average molecular weight is 262 g/mol. The fraction of sp³-hybridized carbons (Fsp3) is 0.429. The molecule has 0 saturated carbocycles. The first-order valence-electron chi connectivity index (χ1n) is 6.05. The molecular formula is C14H16ClN3. The number of rotatable bonds is 3. The topological polar surface area (TPSA) is 41.6 Å². The molecule has 0 bridgehead atoms. The molecule has 1 aromatic heterocycles. The minimum absolute atomic E-state index is 0.303. The summed E-state index contributed by atoms with van der Waals surface area (Å²) in [6.45, 7) is 6.49. The summed E-state index contributed by atoms with van der Waals surface area (Å²) in [5.74, 6) is 1.73. The lowest BCUT2D eigenvalue weighted by Crippen LogP contribution is -2.13. The third kappa shape index (κ3) is 2.09. The summed E-state index contributed by atoms with van der Waals surface area (Å²) in [6.07, 6.45) is 0. The number of alkyl halides is 1. The summed E-state index contributed by atoms with van der Waals surface area (Å²) in [5.41, 5.74) is 2.55. The summed E-state index contributed by atoms with van der Waals surface area (Å²) in [4.78, 5) is 4.53. The van der Waals surface area contributed by atoms with E-state index in [9.17, 15) is 0 Å². The molecule has 0 fully saturated rings. The van der Waals surface area contributed by atoms with Gasteiger partial charge in [-0.3, -0.25) is 0 Å². The highest BCUT2D eigenvalue weighted by Gasteiger charge is 2.17. The predicted octanol–water partition coefficient (Wildman–Crippen LogP) is 3.86. The first-order chi connectivity index (χ1) is 8.58. The van der Waals surface area contributed by atoms with E-state index in [1.165, 1.54) is 0 Å². The minimum Gasteiger partial charge on any atom is -0.324 e. The highest BCUT2D eigenvalue weighted by Crippen LogP contribution is 2.27. The molecule has 0 aliphatic rings. The van der Waals surface area contributed by atoms with Crippen LogP contribution in [0.5, 0.6) is 0 Å². The van der Waals surface area contributed by atoms with Crippen LogP contribution in [-0.2, 0) is 5.88 Å². The Balaban J connectivity index is 2.71. The van der Waals surface area contributed by atoms with Crippen molar-refractivity contribution >= 4 is 22.6 Å². The van der Waals surface area contributed by atoms with Crippen LogP contribution in [0.4, 0.5) is 0 Å². The Hall–Kier alpha value is -1.53. The molecule has 0 aliphatic carbocycles. The molecule has 0 aliphatic heterocycles. The molecule has 1 unspecified atom stereocenters. The summed E-state index contributed by atoms with van der Waals surface area (Å²) in [5, 5.41) is 8.99. The van der Waals surface area contributed by atoms with Gasteiger partial charge in [-0.15, -0.1) is 11.6 Å². The highest BCUT2D eigenvalue weighted by molar-refractivity contribution is 6.16. The summed E-state index contributed by atoms with van der Waals surface area (Å²) < 4.78 is 2.15. The monoisotopic (exact) mass is 261 g/mol. The Morgan fingerprint density at radius 1 is 1.39 bits per heavy atom. The van der Waals surface area contributed by atoms with Crippen molar-refractivity contribution < 1.29 is 0 Å². The zero-order valence-electron chi connectivity index (χ0n) is 10.8. The molecule has 0 radical (unpaired) electrons. The lowest BCUT2D eigenvalue weighted by atomic mass is 10.1. The Morgan fingerprint density at radius 3 is 2.67 bits per heavy atom. The molecule has 1 aromatic carbocycles.